The second kappa shape index (κ2) is 4.80. The maximum Gasteiger partial charge on any atom is 0.172 e. The molecule has 0 aromatic heterocycles. The Labute approximate surface area is 120 Å². The molecule has 1 saturated carbocycles. The van der Waals surface area contributed by atoms with Crippen LogP contribution in [0.5, 0.6) is 11.5 Å². The van der Waals surface area contributed by atoms with Crippen LogP contribution in [0.1, 0.15) is 41.6 Å². The molecule has 0 atom stereocenters. The van der Waals surface area contributed by atoms with Gasteiger partial charge in [0.25, 0.3) is 0 Å². The van der Waals surface area contributed by atoms with Crippen molar-refractivity contribution in [3.05, 3.63) is 21.7 Å². The number of hydrogen-bond acceptors (Lipinski definition) is 4. The number of benzene rings is 1. The van der Waals surface area contributed by atoms with E-state index in [4.69, 9.17) is 15.2 Å². The van der Waals surface area contributed by atoms with Gasteiger partial charge in [0, 0.05) is 15.6 Å². The van der Waals surface area contributed by atoms with Gasteiger partial charge < -0.3 is 15.2 Å². The minimum atomic E-state index is -0.384. The summed E-state index contributed by atoms with van der Waals surface area (Å²) >= 11 is 3.54. The summed E-state index contributed by atoms with van der Waals surface area (Å²) in [4.78, 5) is 11.2. The molecule has 5 heteroatoms. The van der Waals surface area contributed by atoms with Crippen LogP contribution in [0, 0.1) is 0 Å². The summed E-state index contributed by atoms with van der Waals surface area (Å²) in [5.41, 5.74) is 7.61. The summed E-state index contributed by atoms with van der Waals surface area (Å²) in [6.07, 6.45) is 4.89. The van der Waals surface area contributed by atoms with E-state index in [0.717, 1.165) is 42.0 Å². The topological polar surface area (TPSA) is 61.6 Å². The second-order valence-electron chi connectivity index (χ2n) is 5.16. The van der Waals surface area contributed by atoms with Gasteiger partial charge in [-0.15, -0.1) is 0 Å². The molecule has 0 spiro atoms. The summed E-state index contributed by atoms with van der Waals surface area (Å²) in [6.45, 7) is 0.956. The summed E-state index contributed by atoms with van der Waals surface area (Å²) in [6, 6.07) is 1.78. The maximum absolute atomic E-state index is 11.2. The first kappa shape index (κ1) is 12.9. The Morgan fingerprint density at radius 1 is 1.21 bits per heavy atom. The van der Waals surface area contributed by atoms with Gasteiger partial charge >= 0.3 is 0 Å². The Bertz CT molecular complexity index is 524. The molecule has 3 rings (SSSR count). The van der Waals surface area contributed by atoms with Crippen molar-refractivity contribution >= 4 is 22.2 Å². The molecule has 0 amide bonds. The van der Waals surface area contributed by atoms with Gasteiger partial charge in [0.15, 0.2) is 17.8 Å². The normalized spacial score (nSPS) is 20.3. The van der Waals surface area contributed by atoms with E-state index in [1.54, 1.807) is 6.07 Å². The van der Waals surface area contributed by atoms with E-state index in [2.05, 4.69) is 15.9 Å². The molecule has 19 heavy (non-hydrogen) atoms. The van der Waals surface area contributed by atoms with Crippen molar-refractivity contribution in [1.82, 2.24) is 0 Å². The highest BCUT2D eigenvalue weighted by atomic mass is 79.9. The highest BCUT2D eigenvalue weighted by molar-refractivity contribution is 9.10. The molecule has 1 fully saturated rings. The first-order valence-corrected chi connectivity index (χ1v) is 7.32. The fourth-order valence-corrected chi connectivity index (χ4v) is 3.83. The number of hydrogen-bond donors (Lipinski definition) is 1. The van der Waals surface area contributed by atoms with Crippen LogP contribution in [0.15, 0.2) is 10.5 Å². The fourth-order valence-electron chi connectivity index (χ4n) is 3.01. The van der Waals surface area contributed by atoms with Crippen LogP contribution in [-0.2, 0) is 5.54 Å². The summed E-state index contributed by atoms with van der Waals surface area (Å²) in [5.74, 6) is 1.18. The predicted molar refractivity (Wildman–Crippen MR) is 74.9 cm³/mol. The van der Waals surface area contributed by atoms with Gasteiger partial charge in [-0.2, -0.15) is 0 Å². The van der Waals surface area contributed by atoms with Crippen molar-refractivity contribution in [2.24, 2.45) is 5.73 Å². The van der Waals surface area contributed by atoms with E-state index in [1.165, 1.54) is 0 Å². The number of fused-ring (bicyclic) bond motifs is 1. The van der Waals surface area contributed by atoms with Crippen LogP contribution in [0.4, 0.5) is 0 Å². The van der Waals surface area contributed by atoms with E-state index in [1.807, 2.05) is 0 Å². The van der Waals surface area contributed by atoms with Crippen LogP contribution < -0.4 is 15.2 Å². The van der Waals surface area contributed by atoms with Crippen LogP contribution in [-0.4, -0.2) is 19.5 Å². The molecule has 0 saturated heterocycles. The average molecular weight is 326 g/mol. The standard InChI is InChI=1S/C14H16BrNO3/c15-10-7-9(8-17)12-13(19-6-5-18-12)11(10)14(16)3-1-2-4-14/h7-8H,1-6,16H2. The molecular weight excluding hydrogens is 310 g/mol. The Morgan fingerprint density at radius 2 is 1.84 bits per heavy atom. The largest absolute Gasteiger partial charge is 0.486 e. The molecule has 0 radical (unpaired) electrons. The van der Waals surface area contributed by atoms with Crippen molar-refractivity contribution in [1.29, 1.82) is 0 Å². The molecule has 1 aliphatic carbocycles. The molecule has 1 aromatic carbocycles. The van der Waals surface area contributed by atoms with Gasteiger partial charge in [-0.05, 0) is 18.9 Å². The lowest BCUT2D eigenvalue weighted by Crippen LogP contribution is -2.35. The van der Waals surface area contributed by atoms with Crippen LogP contribution in [0.2, 0.25) is 0 Å². The summed E-state index contributed by atoms with van der Waals surface area (Å²) in [7, 11) is 0. The number of rotatable bonds is 2. The quantitative estimate of drug-likeness (QED) is 0.849. The van der Waals surface area contributed by atoms with Gasteiger partial charge in [0.2, 0.25) is 0 Å². The van der Waals surface area contributed by atoms with E-state index in [0.29, 0.717) is 30.3 Å². The SMILES string of the molecule is NC1(c2c(Br)cc(C=O)c3c2OCCO3)CCCC1. The summed E-state index contributed by atoms with van der Waals surface area (Å²) < 4.78 is 12.2. The fraction of sp³-hybridized carbons (Fsp3) is 0.500. The maximum atomic E-state index is 11.2. The lowest BCUT2D eigenvalue weighted by atomic mass is 9.87. The van der Waals surface area contributed by atoms with Crippen LogP contribution in [0.3, 0.4) is 0 Å². The monoisotopic (exact) mass is 325 g/mol. The molecular formula is C14H16BrNO3. The number of nitrogens with two attached hydrogens (primary N) is 1. The zero-order valence-corrected chi connectivity index (χ0v) is 12.2. The third-order valence-electron chi connectivity index (χ3n) is 3.91. The summed E-state index contributed by atoms with van der Waals surface area (Å²) in [5, 5.41) is 0. The lowest BCUT2D eigenvalue weighted by Gasteiger charge is -2.31. The van der Waals surface area contributed by atoms with E-state index < -0.39 is 0 Å². The smallest absolute Gasteiger partial charge is 0.172 e. The zero-order chi connectivity index (χ0) is 13.5. The third-order valence-corrected chi connectivity index (χ3v) is 4.54. The van der Waals surface area contributed by atoms with E-state index in [9.17, 15) is 4.79 Å². The molecule has 2 aliphatic rings. The number of halogens is 1. The molecule has 1 aromatic rings. The molecule has 0 bridgehead atoms. The molecule has 0 unspecified atom stereocenters. The number of carbonyl (C=O) groups excluding carboxylic acids is 1. The Balaban J connectivity index is 2.21. The minimum Gasteiger partial charge on any atom is -0.486 e. The Morgan fingerprint density at radius 3 is 2.47 bits per heavy atom. The minimum absolute atomic E-state index is 0.384. The molecule has 1 heterocycles. The third kappa shape index (κ3) is 2.05. The molecule has 4 nitrogen and oxygen atoms in total. The first-order chi connectivity index (χ1) is 9.15. The van der Waals surface area contributed by atoms with Crippen LogP contribution >= 0.6 is 15.9 Å². The van der Waals surface area contributed by atoms with Gasteiger partial charge in [-0.1, -0.05) is 28.8 Å². The van der Waals surface area contributed by atoms with E-state index in [-0.39, 0.29) is 5.54 Å². The second-order valence-corrected chi connectivity index (χ2v) is 6.01. The molecule has 1 aliphatic heterocycles. The molecule has 2 N–H and O–H groups in total. The average Bonchev–Trinajstić information content (AvgIpc) is 2.85. The number of aldehydes is 1. The Kier molecular flexibility index (Phi) is 3.27. The zero-order valence-electron chi connectivity index (χ0n) is 10.6. The lowest BCUT2D eigenvalue weighted by molar-refractivity contribution is 0.111. The van der Waals surface area contributed by atoms with Gasteiger partial charge in [0.1, 0.15) is 13.2 Å². The van der Waals surface area contributed by atoms with Crippen LogP contribution in [0.25, 0.3) is 0 Å². The van der Waals surface area contributed by atoms with Gasteiger partial charge in [0.05, 0.1) is 5.56 Å². The highest BCUT2D eigenvalue weighted by Gasteiger charge is 2.38. The highest BCUT2D eigenvalue weighted by Crippen LogP contribution is 2.49. The van der Waals surface area contributed by atoms with E-state index >= 15 is 0 Å². The van der Waals surface area contributed by atoms with Crippen molar-refractivity contribution in [3.63, 3.8) is 0 Å². The number of ether oxygens (including phenoxy) is 2. The Hall–Kier alpha value is -1.07. The van der Waals surface area contributed by atoms with Gasteiger partial charge in [-0.25, -0.2) is 0 Å². The van der Waals surface area contributed by atoms with Crippen molar-refractivity contribution in [2.75, 3.05) is 13.2 Å². The van der Waals surface area contributed by atoms with Crippen molar-refractivity contribution in [2.45, 2.75) is 31.2 Å². The predicted octanol–water partition coefficient (Wildman–Crippen LogP) is 2.76. The number of carbonyl (C=O) groups is 1. The van der Waals surface area contributed by atoms with Gasteiger partial charge in [-0.3, -0.25) is 4.79 Å². The van der Waals surface area contributed by atoms with Crippen molar-refractivity contribution < 1.29 is 14.3 Å². The van der Waals surface area contributed by atoms with Crippen molar-refractivity contribution in [3.8, 4) is 11.5 Å². The first-order valence-electron chi connectivity index (χ1n) is 6.52. The molecule has 102 valence electrons.